The summed E-state index contributed by atoms with van der Waals surface area (Å²) in [5.74, 6) is 0.393. The minimum absolute atomic E-state index is 0.111. The molecule has 20 heavy (non-hydrogen) atoms. The molecule has 2 rings (SSSR count). The Hall–Kier alpha value is -1.61. The van der Waals surface area contributed by atoms with E-state index in [1.165, 1.54) is 5.56 Å². The van der Waals surface area contributed by atoms with Crippen LogP contribution in [-0.4, -0.2) is 48.4 Å². The lowest BCUT2D eigenvalue weighted by Crippen LogP contribution is -2.49. The Labute approximate surface area is 121 Å². The van der Waals surface area contributed by atoms with Crippen LogP contribution in [0.25, 0.3) is 6.08 Å². The van der Waals surface area contributed by atoms with E-state index in [-0.39, 0.29) is 11.8 Å². The summed E-state index contributed by atoms with van der Waals surface area (Å²) >= 11 is 0. The summed E-state index contributed by atoms with van der Waals surface area (Å²) in [7, 11) is 0. The number of hydrogen-bond acceptors (Lipinski definition) is 2. The van der Waals surface area contributed by atoms with Gasteiger partial charge in [0.2, 0.25) is 5.91 Å². The van der Waals surface area contributed by atoms with Gasteiger partial charge in [-0.1, -0.05) is 56.3 Å². The second kappa shape index (κ2) is 7.25. The van der Waals surface area contributed by atoms with Crippen LogP contribution in [0.3, 0.4) is 0 Å². The van der Waals surface area contributed by atoms with Crippen molar-refractivity contribution in [3.8, 4) is 0 Å². The molecule has 1 amide bonds. The van der Waals surface area contributed by atoms with E-state index in [1.54, 1.807) is 0 Å². The predicted octanol–water partition coefficient (Wildman–Crippen LogP) is 2.50. The molecule has 0 aromatic heterocycles. The second-order valence-corrected chi connectivity index (χ2v) is 5.59. The van der Waals surface area contributed by atoms with Crippen LogP contribution in [-0.2, 0) is 4.79 Å². The molecule has 1 aromatic carbocycles. The molecule has 1 saturated heterocycles. The van der Waals surface area contributed by atoms with Gasteiger partial charge >= 0.3 is 0 Å². The minimum Gasteiger partial charge on any atom is -0.340 e. The summed E-state index contributed by atoms with van der Waals surface area (Å²) in [5, 5.41) is 0. The summed E-state index contributed by atoms with van der Waals surface area (Å²) < 4.78 is 0. The summed E-state index contributed by atoms with van der Waals surface area (Å²) in [5.41, 5.74) is 1.24. The molecule has 3 heteroatoms. The topological polar surface area (TPSA) is 23.6 Å². The highest BCUT2D eigenvalue weighted by Crippen LogP contribution is 2.07. The molecule has 1 aromatic rings. The maximum Gasteiger partial charge on any atom is 0.225 e. The van der Waals surface area contributed by atoms with Crippen molar-refractivity contribution in [1.82, 2.24) is 9.80 Å². The van der Waals surface area contributed by atoms with Crippen molar-refractivity contribution in [2.45, 2.75) is 13.8 Å². The molecule has 0 aliphatic carbocycles. The summed E-state index contributed by atoms with van der Waals surface area (Å²) in [6, 6.07) is 10.3. The number of hydrogen-bond donors (Lipinski definition) is 0. The van der Waals surface area contributed by atoms with Crippen molar-refractivity contribution < 1.29 is 4.79 Å². The molecule has 0 atom stereocenters. The molecule has 0 saturated carbocycles. The first-order valence-electron chi connectivity index (χ1n) is 7.39. The van der Waals surface area contributed by atoms with Crippen LogP contribution in [0.4, 0.5) is 0 Å². The lowest BCUT2D eigenvalue weighted by Gasteiger charge is -2.35. The number of carbonyl (C=O) groups is 1. The summed E-state index contributed by atoms with van der Waals surface area (Å²) in [6.07, 6.45) is 4.36. The van der Waals surface area contributed by atoms with Gasteiger partial charge in [-0.15, -0.1) is 0 Å². The molecule has 1 aliphatic heterocycles. The smallest absolute Gasteiger partial charge is 0.225 e. The van der Waals surface area contributed by atoms with E-state index in [9.17, 15) is 4.79 Å². The van der Waals surface area contributed by atoms with Gasteiger partial charge in [0.15, 0.2) is 0 Å². The molecule has 0 N–H and O–H groups in total. The van der Waals surface area contributed by atoms with Crippen LogP contribution < -0.4 is 0 Å². The van der Waals surface area contributed by atoms with Crippen molar-refractivity contribution in [3.63, 3.8) is 0 Å². The average Bonchev–Trinajstić information content (AvgIpc) is 2.48. The Kier molecular flexibility index (Phi) is 5.36. The highest BCUT2D eigenvalue weighted by molar-refractivity contribution is 5.78. The van der Waals surface area contributed by atoms with E-state index < -0.39 is 0 Å². The maximum absolute atomic E-state index is 11.9. The maximum atomic E-state index is 11.9. The van der Waals surface area contributed by atoms with Crippen molar-refractivity contribution in [3.05, 3.63) is 42.0 Å². The number of benzene rings is 1. The normalized spacial score (nSPS) is 17.1. The van der Waals surface area contributed by atoms with Crippen LogP contribution in [0.1, 0.15) is 19.4 Å². The molecule has 1 heterocycles. The molecule has 1 fully saturated rings. The van der Waals surface area contributed by atoms with Crippen LogP contribution >= 0.6 is 0 Å². The van der Waals surface area contributed by atoms with Gasteiger partial charge in [-0.25, -0.2) is 0 Å². The molecule has 0 bridgehead atoms. The minimum atomic E-state index is 0.111. The molecule has 0 spiro atoms. The van der Waals surface area contributed by atoms with E-state index in [4.69, 9.17) is 0 Å². The Bertz CT molecular complexity index is 445. The zero-order chi connectivity index (χ0) is 14.4. The van der Waals surface area contributed by atoms with Gasteiger partial charge in [0.05, 0.1) is 0 Å². The van der Waals surface area contributed by atoms with Gasteiger partial charge in [0, 0.05) is 38.6 Å². The number of piperazine rings is 1. The predicted molar refractivity (Wildman–Crippen MR) is 83.3 cm³/mol. The van der Waals surface area contributed by atoms with E-state index in [0.29, 0.717) is 0 Å². The highest BCUT2D eigenvalue weighted by atomic mass is 16.2. The van der Waals surface area contributed by atoms with Crippen molar-refractivity contribution in [2.75, 3.05) is 32.7 Å². The number of nitrogens with zero attached hydrogens (tertiary/aromatic N) is 2. The first-order valence-corrected chi connectivity index (χ1v) is 7.39. The molecule has 0 radical (unpaired) electrons. The van der Waals surface area contributed by atoms with Crippen molar-refractivity contribution in [2.24, 2.45) is 5.92 Å². The monoisotopic (exact) mass is 272 g/mol. The number of rotatable bonds is 4. The van der Waals surface area contributed by atoms with Gasteiger partial charge < -0.3 is 4.90 Å². The van der Waals surface area contributed by atoms with E-state index in [1.807, 2.05) is 24.8 Å². The Morgan fingerprint density at radius 1 is 1.15 bits per heavy atom. The van der Waals surface area contributed by atoms with Crippen LogP contribution in [0, 0.1) is 5.92 Å². The fraction of sp³-hybridized carbons (Fsp3) is 0.471. The third kappa shape index (κ3) is 4.20. The van der Waals surface area contributed by atoms with Gasteiger partial charge in [0.25, 0.3) is 0 Å². The van der Waals surface area contributed by atoms with Crippen molar-refractivity contribution in [1.29, 1.82) is 0 Å². The van der Waals surface area contributed by atoms with Gasteiger partial charge in [-0.05, 0) is 5.56 Å². The molecular formula is C17H24N2O. The molecule has 0 unspecified atom stereocenters. The summed E-state index contributed by atoms with van der Waals surface area (Å²) in [6.45, 7) is 8.55. The molecule has 3 nitrogen and oxygen atoms in total. The highest BCUT2D eigenvalue weighted by Gasteiger charge is 2.21. The number of amides is 1. The van der Waals surface area contributed by atoms with Crippen LogP contribution in [0.2, 0.25) is 0 Å². The largest absolute Gasteiger partial charge is 0.340 e. The lowest BCUT2D eigenvalue weighted by atomic mass is 10.1. The molecular weight excluding hydrogens is 248 g/mol. The zero-order valence-corrected chi connectivity index (χ0v) is 12.5. The SMILES string of the molecule is CC(C)C(=O)N1CCN(CC=Cc2ccccc2)CC1. The standard InChI is InChI=1S/C17H24N2O/c1-15(2)17(20)19-13-11-18(12-14-19)10-6-9-16-7-4-3-5-8-16/h3-9,15H,10-14H2,1-2H3. The zero-order valence-electron chi connectivity index (χ0n) is 12.5. The van der Waals surface area contributed by atoms with Crippen LogP contribution in [0.5, 0.6) is 0 Å². The first kappa shape index (κ1) is 14.8. The Morgan fingerprint density at radius 3 is 2.40 bits per heavy atom. The fourth-order valence-electron chi connectivity index (χ4n) is 2.42. The van der Waals surface area contributed by atoms with Gasteiger partial charge in [-0.2, -0.15) is 0 Å². The Morgan fingerprint density at radius 2 is 1.80 bits per heavy atom. The third-order valence-electron chi connectivity index (χ3n) is 3.65. The number of carbonyl (C=O) groups excluding carboxylic acids is 1. The average molecular weight is 272 g/mol. The van der Waals surface area contributed by atoms with Crippen molar-refractivity contribution >= 4 is 12.0 Å². The third-order valence-corrected chi connectivity index (χ3v) is 3.65. The quantitative estimate of drug-likeness (QED) is 0.841. The van der Waals surface area contributed by atoms with Crippen LogP contribution in [0.15, 0.2) is 36.4 Å². The fourth-order valence-corrected chi connectivity index (χ4v) is 2.42. The Balaban J connectivity index is 1.75. The van der Waals surface area contributed by atoms with Gasteiger partial charge in [-0.3, -0.25) is 9.69 Å². The van der Waals surface area contributed by atoms with E-state index in [0.717, 1.165) is 32.7 Å². The van der Waals surface area contributed by atoms with E-state index in [2.05, 4.69) is 41.3 Å². The molecule has 1 aliphatic rings. The second-order valence-electron chi connectivity index (χ2n) is 5.59. The first-order chi connectivity index (χ1) is 9.66. The van der Waals surface area contributed by atoms with E-state index >= 15 is 0 Å². The van der Waals surface area contributed by atoms with Gasteiger partial charge in [0.1, 0.15) is 0 Å². The lowest BCUT2D eigenvalue weighted by molar-refractivity contribution is -0.136. The molecule has 108 valence electrons. The summed E-state index contributed by atoms with van der Waals surface area (Å²) in [4.78, 5) is 16.3.